The van der Waals surface area contributed by atoms with Gasteiger partial charge in [-0.1, -0.05) is 29.5 Å². The number of alkyl halides is 1. The number of halogens is 1. The van der Waals surface area contributed by atoms with Gasteiger partial charge in [0.2, 0.25) is 5.91 Å². The van der Waals surface area contributed by atoms with E-state index in [0.717, 1.165) is 6.42 Å². The summed E-state index contributed by atoms with van der Waals surface area (Å²) in [5.41, 5.74) is 0.457. The molecule has 1 amide bonds. The average molecular weight is 301 g/mol. The van der Waals surface area contributed by atoms with Crippen molar-refractivity contribution in [1.82, 2.24) is 5.32 Å². The van der Waals surface area contributed by atoms with Crippen molar-refractivity contribution in [2.75, 3.05) is 4.43 Å². The average Bonchev–Trinajstić information content (AvgIpc) is 1.83. The summed E-state index contributed by atoms with van der Waals surface area (Å²) in [6.45, 7) is 6.23. The summed E-state index contributed by atoms with van der Waals surface area (Å²) in [5.74, 6) is 0.117. The van der Waals surface area contributed by atoms with Crippen molar-refractivity contribution in [1.29, 1.82) is 0 Å². The van der Waals surface area contributed by atoms with Gasteiger partial charge >= 0.3 is 0 Å². The Morgan fingerprint density at radius 1 is 1.67 bits per heavy atom. The predicted octanol–water partition coefficient (Wildman–Crippen LogP) is 1.97. The third-order valence-corrected chi connectivity index (χ3v) is 2.36. The van der Waals surface area contributed by atoms with E-state index >= 15 is 0 Å². The van der Waals surface area contributed by atoms with Gasteiger partial charge in [0, 0.05) is 5.54 Å². The fourth-order valence-electron chi connectivity index (χ4n) is 1.27. The standard InChI is InChI=1S/C8H17INOP/c1-6(12)4-8(2,3)10-7(11)5-9/h6H,4-5,12H2,1-3H3,(H,10,11). The SMILES string of the molecule is CC(P)CC(C)(C)NC(=O)CI. The van der Waals surface area contributed by atoms with Crippen molar-refractivity contribution in [2.45, 2.75) is 38.4 Å². The summed E-state index contributed by atoms with van der Waals surface area (Å²) in [6.07, 6.45) is 0.986. The monoisotopic (exact) mass is 301 g/mol. The lowest BCUT2D eigenvalue weighted by atomic mass is 9.99. The lowest BCUT2D eigenvalue weighted by Gasteiger charge is -2.27. The van der Waals surface area contributed by atoms with Crippen LogP contribution in [0.4, 0.5) is 0 Å². The van der Waals surface area contributed by atoms with Gasteiger partial charge in [-0.15, -0.1) is 9.24 Å². The first-order valence-corrected chi connectivity index (χ1v) is 6.19. The van der Waals surface area contributed by atoms with Gasteiger partial charge in [0.05, 0.1) is 4.43 Å². The van der Waals surface area contributed by atoms with E-state index in [-0.39, 0.29) is 11.4 Å². The van der Waals surface area contributed by atoms with Crippen LogP contribution in [0.3, 0.4) is 0 Å². The summed E-state index contributed by atoms with van der Waals surface area (Å²) in [5, 5.41) is 2.98. The molecule has 0 heterocycles. The molecular weight excluding hydrogens is 284 g/mol. The number of amides is 1. The highest BCUT2D eigenvalue weighted by Gasteiger charge is 2.20. The molecule has 2 nitrogen and oxygen atoms in total. The van der Waals surface area contributed by atoms with E-state index in [4.69, 9.17) is 0 Å². The van der Waals surface area contributed by atoms with Gasteiger partial charge in [-0.2, -0.15) is 0 Å². The lowest BCUT2D eigenvalue weighted by Crippen LogP contribution is -2.45. The Bertz CT molecular complexity index is 159. The van der Waals surface area contributed by atoms with Gasteiger partial charge < -0.3 is 5.32 Å². The molecule has 0 spiro atoms. The van der Waals surface area contributed by atoms with Crippen LogP contribution in [0.2, 0.25) is 0 Å². The van der Waals surface area contributed by atoms with E-state index in [1.165, 1.54) is 0 Å². The summed E-state index contributed by atoms with van der Waals surface area (Å²) in [4.78, 5) is 11.1. The van der Waals surface area contributed by atoms with Gasteiger partial charge in [0.15, 0.2) is 0 Å². The van der Waals surface area contributed by atoms with Crippen LogP contribution >= 0.6 is 31.8 Å². The van der Waals surface area contributed by atoms with Crippen molar-refractivity contribution < 1.29 is 4.79 Å². The number of carbonyl (C=O) groups excluding carboxylic acids is 1. The Morgan fingerprint density at radius 3 is 2.50 bits per heavy atom. The predicted molar refractivity (Wildman–Crippen MR) is 64.9 cm³/mol. The van der Waals surface area contributed by atoms with Crippen LogP contribution in [-0.2, 0) is 4.79 Å². The normalized spacial score (nSPS) is 14.1. The number of rotatable bonds is 4. The molecule has 0 aliphatic carbocycles. The van der Waals surface area contributed by atoms with E-state index in [1.807, 2.05) is 0 Å². The Hall–Kier alpha value is 0.630. The summed E-state index contributed by atoms with van der Waals surface area (Å²) < 4.78 is 0.534. The molecule has 2 atom stereocenters. The molecule has 72 valence electrons. The Kier molecular flexibility index (Phi) is 5.66. The maximum Gasteiger partial charge on any atom is 0.230 e. The largest absolute Gasteiger partial charge is 0.351 e. The smallest absolute Gasteiger partial charge is 0.230 e. The molecule has 0 saturated heterocycles. The maximum absolute atomic E-state index is 11.1. The van der Waals surface area contributed by atoms with E-state index < -0.39 is 0 Å². The third kappa shape index (κ3) is 6.18. The molecule has 0 fully saturated rings. The highest BCUT2D eigenvalue weighted by Crippen LogP contribution is 2.16. The van der Waals surface area contributed by atoms with Crippen molar-refractivity contribution in [2.24, 2.45) is 0 Å². The molecule has 0 bridgehead atoms. The number of hydrogen-bond acceptors (Lipinski definition) is 1. The minimum absolute atomic E-state index is 0.0799. The molecule has 0 aliphatic heterocycles. The zero-order valence-corrected chi connectivity index (χ0v) is 11.2. The first-order chi connectivity index (χ1) is 5.37. The molecule has 0 aromatic carbocycles. The van der Waals surface area contributed by atoms with Crippen molar-refractivity contribution in [3.05, 3.63) is 0 Å². The van der Waals surface area contributed by atoms with Crippen molar-refractivity contribution in [3.8, 4) is 0 Å². The molecule has 0 aromatic rings. The molecule has 0 aromatic heterocycles. The quantitative estimate of drug-likeness (QED) is 0.480. The highest BCUT2D eigenvalue weighted by molar-refractivity contribution is 14.1. The molecule has 0 saturated carbocycles. The van der Waals surface area contributed by atoms with Crippen molar-refractivity contribution >= 4 is 37.7 Å². The second-order valence-corrected chi connectivity index (χ2v) is 5.65. The zero-order chi connectivity index (χ0) is 9.78. The van der Waals surface area contributed by atoms with Gasteiger partial charge in [0.1, 0.15) is 0 Å². The van der Waals surface area contributed by atoms with Crippen LogP contribution in [0, 0.1) is 0 Å². The molecule has 0 aliphatic rings. The zero-order valence-electron chi connectivity index (χ0n) is 7.86. The number of nitrogens with one attached hydrogen (secondary N) is 1. The minimum Gasteiger partial charge on any atom is -0.351 e. The fourth-order valence-corrected chi connectivity index (χ4v) is 2.05. The first-order valence-electron chi connectivity index (χ1n) is 4.00. The van der Waals surface area contributed by atoms with Gasteiger partial charge in [-0.05, 0) is 25.9 Å². The Balaban J connectivity index is 3.94. The van der Waals surface area contributed by atoms with E-state index in [1.54, 1.807) is 0 Å². The van der Waals surface area contributed by atoms with E-state index in [9.17, 15) is 4.79 Å². The third-order valence-electron chi connectivity index (χ3n) is 1.43. The fraction of sp³-hybridized carbons (Fsp3) is 0.875. The van der Waals surface area contributed by atoms with Crippen LogP contribution < -0.4 is 5.32 Å². The van der Waals surface area contributed by atoms with Crippen molar-refractivity contribution in [3.63, 3.8) is 0 Å². The molecule has 2 unspecified atom stereocenters. The van der Waals surface area contributed by atoms with Crippen LogP contribution in [0.5, 0.6) is 0 Å². The van der Waals surface area contributed by atoms with Gasteiger partial charge in [-0.3, -0.25) is 4.79 Å². The number of hydrogen-bond donors (Lipinski definition) is 1. The van der Waals surface area contributed by atoms with Crippen LogP contribution in [0.1, 0.15) is 27.2 Å². The summed E-state index contributed by atoms with van der Waals surface area (Å²) in [6, 6.07) is 0. The van der Waals surface area contributed by atoms with Crippen LogP contribution in [-0.4, -0.2) is 21.5 Å². The lowest BCUT2D eigenvalue weighted by molar-refractivity contribution is -0.119. The van der Waals surface area contributed by atoms with Gasteiger partial charge in [-0.25, -0.2) is 0 Å². The first kappa shape index (κ1) is 12.6. The Morgan fingerprint density at radius 2 is 2.17 bits per heavy atom. The summed E-state index contributed by atoms with van der Waals surface area (Å²) in [7, 11) is 2.74. The molecular formula is C8H17INOP. The minimum atomic E-state index is -0.0799. The second-order valence-electron chi connectivity index (χ2n) is 3.75. The van der Waals surface area contributed by atoms with E-state index in [2.05, 4.69) is 57.9 Å². The van der Waals surface area contributed by atoms with E-state index in [0.29, 0.717) is 10.1 Å². The van der Waals surface area contributed by atoms with Gasteiger partial charge in [0.25, 0.3) is 0 Å². The topological polar surface area (TPSA) is 29.1 Å². The molecule has 1 N–H and O–H groups in total. The highest BCUT2D eigenvalue weighted by atomic mass is 127. The molecule has 12 heavy (non-hydrogen) atoms. The second kappa shape index (κ2) is 5.38. The molecule has 4 heteroatoms. The Labute approximate surface area is 90.6 Å². The van der Waals surface area contributed by atoms with Crippen LogP contribution in [0.25, 0.3) is 0 Å². The summed E-state index contributed by atoms with van der Waals surface area (Å²) >= 11 is 2.07. The van der Waals surface area contributed by atoms with Crippen LogP contribution in [0.15, 0.2) is 0 Å². The number of carbonyl (C=O) groups is 1. The maximum atomic E-state index is 11.1. The molecule has 0 rings (SSSR count). The molecule has 0 radical (unpaired) electrons.